The summed E-state index contributed by atoms with van der Waals surface area (Å²) < 4.78 is 12.2. The van der Waals surface area contributed by atoms with Crippen LogP contribution in [0.15, 0.2) is 58.5 Å². The first-order chi connectivity index (χ1) is 14.6. The first kappa shape index (κ1) is 19.7. The highest BCUT2D eigenvalue weighted by atomic mass is 32.1. The predicted octanol–water partition coefficient (Wildman–Crippen LogP) is 4.27. The number of anilines is 1. The van der Waals surface area contributed by atoms with Gasteiger partial charge in [0.1, 0.15) is 17.3 Å². The second kappa shape index (κ2) is 8.83. The van der Waals surface area contributed by atoms with Crippen molar-refractivity contribution in [1.82, 2.24) is 20.1 Å². The lowest BCUT2D eigenvalue weighted by atomic mass is 10.1. The Morgan fingerprint density at radius 1 is 1.27 bits per heavy atom. The van der Waals surface area contributed by atoms with E-state index in [1.54, 1.807) is 24.1 Å². The van der Waals surface area contributed by atoms with Crippen LogP contribution in [0.2, 0.25) is 0 Å². The molecule has 0 fully saturated rings. The summed E-state index contributed by atoms with van der Waals surface area (Å²) in [5.41, 5.74) is 2.62. The fourth-order valence-corrected chi connectivity index (χ4v) is 3.68. The van der Waals surface area contributed by atoms with E-state index in [0.717, 1.165) is 22.7 Å². The van der Waals surface area contributed by atoms with Gasteiger partial charge in [0.25, 0.3) is 0 Å². The molecule has 0 spiro atoms. The molecule has 0 unspecified atom stereocenters. The Morgan fingerprint density at radius 2 is 2.10 bits per heavy atom. The van der Waals surface area contributed by atoms with Crippen molar-refractivity contribution in [3.05, 3.63) is 65.4 Å². The molecule has 0 bridgehead atoms. The van der Waals surface area contributed by atoms with Crippen LogP contribution in [0.4, 0.5) is 10.6 Å². The van der Waals surface area contributed by atoms with Gasteiger partial charge in [-0.05, 0) is 43.2 Å². The third kappa shape index (κ3) is 4.52. The molecule has 0 saturated heterocycles. The van der Waals surface area contributed by atoms with Crippen LogP contribution in [0.3, 0.4) is 0 Å². The van der Waals surface area contributed by atoms with E-state index < -0.39 is 0 Å². The molecule has 0 saturated carbocycles. The first-order valence-corrected chi connectivity index (χ1v) is 10.2. The summed E-state index contributed by atoms with van der Waals surface area (Å²) in [5, 5.41) is 12.7. The molecule has 0 aliphatic rings. The predicted molar refractivity (Wildman–Crippen MR) is 115 cm³/mol. The Kier molecular flexibility index (Phi) is 5.80. The summed E-state index contributed by atoms with van der Waals surface area (Å²) in [6.07, 6.45) is 2.32. The van der Waals surface area contributed by atoms with Gasteiger partial charge in [0.15, 0.2) is 5.76 Å². The lowest BCUT2D eigenvalue weighted by Gasteiger charge is -2.09. The number of amides is 2. The Balaban J connectivity index is 1.38. The van der Waals surface area contributed by atoms with Crippen LogP contribution >= 0.6 is 11.3 Å². The van der Waals surface area contributed by atoms with Gasteiger partial charge in [-0.2, -0.15) is 9.78 Å². The van der Waals surface area contributed by atoms with Gasteiger partial charge < -0.3 is 14.5 Å². The number of urea groups is 1. The van der Waals surface area contributed by atoms with E-state index in [4.69, 9.17) is 9.15 Å². The van der Waals surface area contributed by atoms with Gasteiger partial charge in [0.2, 0.25) is 5.13 Å². The molecular weight excluding hydrogens is 402 g/mol. The maximum atomic E-state index is 12.4. The Bertz CT molecular complexity index is 1120. The topological polar surface area (TPSA) is 94.2 Å². The molecule has 3 aromatic heterocycles. The number of hydrogen-bond donors (Lipinski definition) is 2. The van der Waals surface area contributed by atoms with Crippen LogP contribution in [0.25, 0.3) is 16.6 Å². The Labute approximate surface area is 177 Å². The van der Waals surface area contributed by atoms with Crippen molar-refractivity contribution in [2.45, 2.75) is 13.3 Å². The lowest BCUT2D eigenvalue weighted by Crippen LogP contribution is -2.31. The van der Waals surface area contributed by atoms with Crippen molar-refractivity contribution in [3.63, 3.8) is 0 Å². The lowest BCUT2D eigenvalue weighted by molar-refractivity contribution is 0.252. The third-order valence-corrected chi connectivity index (χ3v) is 5.19. The number of methoxy groups -OCH3 is 1. The van der Waals surface area contributed by atoms with Crippen molar-refractivity contribution < 1.29 is 13.9 Å². The number of rotatable bonds is 7. The fourth-order valence-electron chi connectivity index (χ4n) is 2.91. The average molecular weight is 423 g/mol. The van der Waals surface area contributed by atoms with E-state index >= 15 is 0 Å². The quantitative estimate of drug-likeness (QED) is 0.463. The second-order valence-corrected chi connectivity index (χ2v) is 7.39. The number of carbonyl (C=O) groups is 1. The number of nitrogens with zero attached hydrogens (tertiary/aromatic N) is 3. The number of furan rings is 1. The smallest absolute Gasteiger partial charge is 0.320 e. The minimum absolute atomic E-state index is 0.299. The molecule has 9 heteroatoms. The van der Waals surface area contributed by atoms with Crippen LogP contribution in [0, 0.1) is 6.92 Å². The molecule has 3 heterocycles. The summed E-state index contributed by atoms with van der Waals surface area (Å²) in [7, 11) is 1.64. The van der Waals surface area contributed by atoms with E-state index in [9.17, 15) is 4.79 Å². The molecule has 0 aliphatic heterocycles. The molecule has 154 valence electrons. The molecule has 0 radical (unpaired) electrons. The standard InChI is InChI=1S/C21H21N5O3S/c1-14-12-19(24-20(27)22-10-9-15-5-7-16(28-2)8-6-15)26(25-14)21-23-17(13-30-21)18-4-3-11-29-18/h3-8,11-13H,9-10H2,1-2H3,(H2,22,24,27). The number of hydrogen-bond acceptors (Lipinski definition) is 6. The SMILES string of the molecule is COc1ccc(CCNC(=O)Nc2cc(C)nn2-c2nc(-c3ccco3)cs2)cc1. The molecule has 4 rings (SSSR count). The van der Waals surface area contributed by atoms with Crippen molar-refractivity contribution in [3.8, 4) is 22.3 Å². The molecule has 1 aromatic carbocycles. The normalized spacial score (nSPS) is 10.7. The van der Waals surface area contributed by atoms with Gasteiger partial charge in [-0.3, -0.25) is 5.32 Å². The summed E-state index contributed by atoms with van der Waals surface area (Å²) in [5.74, 6) is 2.05. The number of ether oxygens (including phenoxy) is 1. The Morgan fingerprint density at radius 3 is 2.83 bits per heavy atom. The minimum Gasteiger partial charge on any atom is -0.497 e. The fraction of sp³-hybridized carbons (Fsp3) is 0.190. The monoisotopic (exact) mass is 423 g/mol. The van der Waals surface area contributed by atoms with Crippen LogP contribution in [-0.2, 0) is 6.42 Å². The van der Waals surface area contributed by atoms with E-state index in [-0.39, 0.29) is 6.03 Å². The van der Waals surface area contributed by atoms with Crippen molar-refractivity contribution in [2.24, 2.45) is 0 Å². The van der Waals surface area contributed by atoms with Gasteiger partial charge in [-0.15, -0.1) is 11.3 Å². The van der Waals surface area contributed by atoms with Crippen LogP contribution < -0.4 is 15.4 Å². The maximum Gasteiger partial charge on any atom is 0.320 e. The number of aromatic nitrogens is 3. The first-order valence-electron chi connectivity index (χ1n) is 9.36. The van der Waals surface area contributed by atoms with E-state index in [2.05, 4.69) is 20.7 Å². The number of benzene rings is 1. The van der Waals surface area contributed by atoms with E-state index in [0.29, 0.717) is 29.7 Å². The van der Waals surface area contributed by atoms with Crippen LogP contribution in [0.1, 0.15) is 11.3 Å². The van der Waals surface area contributed by atoms with Gasteiger partial charge in [-0.1, -0.05) is 12.1 Å². The summed E-state index contributed by atoms with van der Waals surface area (Å²) >= 11 is 1.42. The van der Waals surface area contributed by atoms with E-state index in [1.807, 2.05) is 48.7 Å². The van der Waals surface area contributed by atoms with Gasteiger partial charge in [0, 0.05) is 18.0 Å². The third-order valence-electron chi connectivity index (χ3n) is 4.38. The number of aryl methyl sites for hydroxylation is 1. The number of thiazole rings is 1. The maximum absolute atomic E-state index is 12.4. The number of nitrogens with one attached hydrogen (secondary N) is 2. The minimum atomic E-state index is -0.299. The molecule has 30 heavy (non-hydrogen) atoms. The van der Waals surface area contributed by atoms with Crippen molar-refractivity contribution in [1.29, 1.82) is 0 Å². The van der Waals surface area contributed by atoms with Crippen LogP contribution in [0.5, 0.6) is 5.75 Å². The summed E-state index contributed by atoms with van der Waals surface area (Å²) in [6.45, 7) is 2.37. The highest BCUT2D eigenvalue weighted by Crippen LogP contribution is 2.26. The van der Waals surface area contributed by atoms with E-state index in [1.165, 1.54) is 11.3 Å². The molecule has 0 atom stereocenters. The largest absolute Gasteiger partial charge is 0.497 e. The highest BCUT2D eigenvalue weighted by Gasteiger charge is 2.15. The zero-order chi connectivity index (χ0) is 20.9. The highest BCUT2D eigenvalue weighted by molar-refractivity contribution is 7.12. The van der Waals surface area contributed by atoms with Crippen LogP contribution in [-0.4, -0.2) is 34.5 Å². The molecule has 2 N–H and O–H groups in total. The molecule has 0 aliphatic carbocycles. The summed E-state index contributed by atoms with van der Waals surface area (Å²) in [4.78, 5) is 16.9. The molecule has 4 aromatic rings. The van der Waals surface area contributed by atoms with Gasteiger partial charge in [-0.25, -0.2) is 9.78 Å². The van der Waals surface area contributed by atoms with Crippen molar-refractivity contribution in [2.75, 3.05) is 19.0 Å². The number of carbonyl (C=O) groups excluding carboxylic acids is 1. The summed E-state index contributed by atoms with van der Waals surface area (Å²) in [6, 6.07) is 12.9. The van der Waals surface area contributed by atoms with Gasteiger partial charge in [0.05, 0.1) is 19.1 Å². The second-order valence-electron chi connectivity index (χ2n) is 6.55. The van der Waals surface area contributed by atoms with Crippen molar-refractivity contribution >= 4 is 23.2 Å². The molecule has 2 amide bonds. The Hall–Kier alpha value is -3.59. The zero-order valence-corrected chi connectivity index (χ0v) is 17.4. The average Bonchev–Trinajstić information content (AvgIpc) is 3.49. The zero-order valence-electron chi connectivity index (χ0n) is 16.6. The van der Waals surface area contributed by atoms with Gasteiger partial charge >= 0.3 is 6.03 Å². The molecule has 8 nitrogen and oxygen atoms in total. The molecular formula is C21H21N5O3S.